The predicted octanol–water partition coefficient (Wildman–Crippen LogP) is 1.19. The molecule has 0 aliphatic carbocycles. The maximum atomic E-state index is 4.49. The van der Waals surface area contributed by atoms with E-state index in [9.17, 15) is 0 Å². The summed E-state index contributed by atoms with van der Waals surface area (Å²) < 4.78 is 0. The van der Waals surface area contributed by atoms with E-state index in [1.807, 2.05) is 50.1 Å². The maximum absolute atomic E-state index is 4.49. The average molecular weight is 192 g/mol. The van der Waals surface area contributed by atoms with Gasteiger partial charge in [-0.3, -0.25) is 4.98 Å². The summed E-state index contributed by atoms with van der Waals surface area (Å²) in [7, 11) is 7.89. The molecule has 0 aromatic carbocycles. The van der Waals surface area contributed by atoms with E-state index in [2.05, 4.69) is 9.98 Å². The van der Waals surface area contributed by atoms with Crippen LogP contribution in [-0.2, 0) is 0 Å². The molecule has 1 aromatic rings. The molecule has 0 amide bonds. The number of guanidine groups is 1. The molecule has 0 spiro atoms. The highest BCUT2D eigenvalue weighted by Gasteiger charge is 2.03. The highest BCUT2D eigenvalue weighted by Crippen LogP contribution is 2.09. The monoisotopic (exact) mass is 192 g/mol. The second-order valence-corrected chi connectivity index (χ2v) is 3.41. The van der Waals surface area contributed by atoms with Gasteiger partial charge in [0, 0.05) is 40.6 Å². The van der Waals surface area contributed by atoms with E-state index in [0.29, 0.717) is 0 Å². The first-order chi connectivity index (χ1) is 6.61. The van der Waals surface area contributed by atoms with E-state index < -0.39 is 0 Å². The van der Waals surface area contributed by atoms with Crippen molar-refractivity contribution in [2.75, 3.05) is 28.2 Å². The summed E-state index contributed by atoms with van der Waals surface area (Å²) in [5.74, 6) is 0.913. The van der Waals surface area contributed by atoms with Crippen LogP contribution in [0.15, 0.2) is 29.5 Å². The number of hydrogen-bond acceptors (Lipinski definition) is 2. The summed E-state index contributed by atoms with van der Waals surface area (Å²) in [4.78, 5) is 12.4. The minimum atomic E-state index is 0.913. The minimum absolute atomic E-state index is 0.913. The summed E-state index contributed by atoms with van der Waals surface area (Å²) in [5.41, 5.74) is 0.914. The molecule has 1 heterocycles. The Morgan fingerprint density at radius 3 is 2.00 bits per heavy atom. The number of nitrogens with zero attached hydrogens (tertiary/aromatic N) is 4. The Morgan fingerprint density at radius 1 is 1.07 bits per heavy atom. The van der Waals surface area contributed by atoms with Gasteiger partial charge in [-0.1, -0.05) is 0 Å². The van der Waals surface area contributed by atoms with Gasteiger partial charge in [0.05, 0.1) is 5.69 Å². The molecule has 0 atom stereocenters. The average Bonchev–Trinajstić information content (AvgIpc) is 2.15. The molecule has 4 nitrogen and oxygen atoms in total. The van der Waals surface area contributed by atoms with Crippen LogP contribution in [0.4, 0.5) is 5.69 Å². The topological polar surface area (TPSA) is 31.7 Å². The Labute approximate surface area is 84.9 Å². The van der Waals surface area contributed by atoms with E-state index in [1.165, 1.54) is 0 Å². The van der Waals surface area contributed by atoms with Crippen molar-refractivity contribution >= 4 is 11.6 Å². The maximum Gasteiger partial charge on any atom is 0.200 e. The summed E-state index contributed by atoms with van der Waals surface area (Å²) in [6.07, 6.45) is 3.48. The van der Waals surface area contributed by atoms with Gasteiger partial charge in [0.1, 0.15) is 0 Å². The lowest BCUT2D eigenvalue weighted by molar-refractivity contribution is 0.484. The molecule has 0 aliphatic rings. The molecule has 1 aromatic heterocycles. The molecule has 0 aliphatic heterocycles. The molecule has 0 fully saturated rings. The lowest BCUT2D eigenvalue weighted by Crippen LogP contribution is -2.35. The quantitative estimate of drug-likeness (QED) is 0.495. The number of hydrogen-bond donors (Lipinski definition) is 0. The summed E-state index contributed by atoms with van der Waals surface area (Å²) in [6.45, 7) is 0. The molecule has 4 heteroatoms. The molecule has 0 saturated heterocycles. The van der Waals surface area contributed by atoms with Gasteiger partial charge in [0.2, 0.25) is 5.96 Å². The van der Waals surface area contributed by atoms with Gasteiger partial charge in [0.15, 0.2) is 0 Å². The highest BCUT2D eigenvalue weighted by atomic mass is 15.3. The van der Waals surface area contributed by atoms with Gasteiger partial charge in [-0.15, -0.1) is 0 Å². The third kappa shape index (κ3) is 2.73. The molecular formula is C10H16N4. The zero-order valence-corrected chi connectivity index (χ0v) is 9.10. The molecule has 0 radical (unpaired) electrons. The number of pyridine rings is 1. The zero-order valence-electron chi connectivity index (χ0n) is 9.10. The first kappa shape index (κ1) is 10.5. The Kier molecular flexibility index (Phi) is 3.45. The van der Waals surface area contributed by atoms with Crippen molar-refractivity contribution in [3.8, 4) is 0 Å². The van der Waals surface area contributed by atoms with Gasteiger partial charge < -0.3 is 9.80 Å². The van der Waals surface area contributed by atoms with E-state index in [4.69, 9.17) is 0 Å². The Hall–Kier alpha value is -1.58. The van der Waals surface area contributed by atoms with Crippen LogP contribution in [0.1, 0.15) is 0 Å². The van der Waals surface area contributed by atoms with Crippen molar-refractivity contribution < 1.29 is 0 Å². The Morgan fingerprint density at radius 2 is 1.57 bits per heavy atom. The Balaban J connectivity index is 2.94. The molecule has 0 unspecified atom stereocenters. The molecule has 14 heavy (non-hydrogen) atoms. The SMILES string of the molecule is CN(C)C(=Nc1ccncc1)N(C)C. The van der Waals surface area contributed by atoms with Gasteiger partial charge in [0.25, 0.3) is 0 Å². The number of aromatic nitrogens is 1. The lowest BCUT2D eigenvalue weighted by atomic mass is 10.4. The summed E-state index contributed by atoms with van der Waals surface area (Å²) >= 11 is 0. The summed E-state index contributed by atoms with van der Waals surface area (Å²) in [5, 5.41) is 0. The van der Waals surface area contributed by atoms with Gasteiger partial charge in [-0.25, -0.2) is 4.99 Å². The van der Waals surface area contributed by atoms with Crippen LogP contribution in [0.25, 0.3) is 0 Å². The first-order valence-corrected chi connectivity index (χ1v) is 4.44. The van der Waals surface area contributed by atoms with Gasteiger partial charge in [-0.05, 0) is 12.1 Å². The number of aliphatic imine (C=N–C) groups is 1. The largest absolute Gasteiger partial charge is 0.349 e. The molecule has 0 N–H and O–H groups in total. The molecule has 0 saturated carbocycles. The molecular weight excluding hydrogens is 176 g/mol. The summed E-state index contributed by atoms with van der Waals surface area (Å²) in [6, 6.07) is 3.76. The third-order valence-electron chi connectivity index (χ3n) is 1.69. The highest BCUT2D eigenvalue weighted by molar-refractivity contribution is 5.81. The molecule has 0 bridgehead atoms. The van der Waals surface area contributed by atoms with Crippen molar-refractivity contribution in [2.24, 2.45) is 4.99 Å². The first-order valence-electron chi connectivity index (χ1n) is 4.44. The van der Waals surface area contributed by atoms with Crippen molar-refractivity contribution in [2.45, 2.75) is 0 Å². The Bertz CT molecular complexity index is 293. The second kappa shape index (κ2) is 4.60. The van der Waals surface area contributed by atoms with Crippen LogP contribution in [0, 0.1) is 0 Å². The fourth-order valence-corrected chi connectivity index (χ4v) is 1.13. The fourth-order valence-electron chi connectivity index (χ4n) is 1.13. The lowest BCUT2D eigenvalue weighted by Gasteiger charge is -2.22. The van der Waals surface area contributed by atoms with Crippen LogP contribution in [-0.4, -0.2) is 48.9 Å². The number of rotatable bonds is 1. The van der Waals surface area contributed by atoms with Crippen molar-refractivity contribution in [1.29, 1.82) is 0 Å². The minimum Gasteiger partial charge on any atom is -0.349 e. The second-order valence-electron chi connectivity index (χ2n) is 3.41. The van der Waals surface area contributed by atoms with Crippen LogP contribution >= 0.6 is 0 Å². The third-order valence-corrected chi connectivity index (χ3v) is 1.69. The van der Waals surface area contributed by atoms with Crippen LogP contribution in [0.2, 0.25) is 0 Å². The van der Waals surface area contributed by atoms with Crippen molar-refractivity contribution in [3.05, 3.63) is 24.5 Å². The smallest absolute Gasteiger partial charge is 0.200 e. The van der Waals surface area contributed by atoms with E-state index in [-0.39, 0.29) is 0 Å². The molecule has 1 rings (SSSR count). The van der Waals surface area contributed by atoms with E-state index in [0.717, 1.165) is 11.6 Å². The zero-order chi connectivity index (χ0) is 10.6. The standard InChI is InChI=1S/C10H16N4/c1-13(2)10(14(3)4)12-9-5-7-11-8-6-9/h5-8H,1-4H3. The van der Waals surface area contributed by atoms with Gasteiger partial charge >= 0.3 is 0 Å². The van der Waals surface area contributed by atoms with E-state index in [1.54, 1.807) is 12.4 Å². The van der Waals surface area contributed by atoms with Crippen molar-refractivity contribution in [1.82, 2.24) is 14.8 Å². The predicted molar refractivity (Wildman–Crippen MR) is 58.7 cm³/mol. The van der Waals surface area contributed by atoms with Gasteiger partial charge in [-0.2, -0.15) is 0 Å². The van der Waals surface area contributed by atoms with Crippen LogP contribution in [0.5, 0.6) is 0 Å². The van der Waals surface area contributed by atoms with Crippen LogP contribution in [0.3, 0.4) is 0 Å². The molecule has 76 valence electrons. The van der Waals surface area contributed by atoms with Crippen molar-refractivity contribution in [3.63, 3.8) is 0 Å². The fraction of sp³-hybridized carbons (Fsp3) is 0.400. The van der Waals surface area contributed by atoms with E-state index >= 15 is 0 Å². The normalized spacial score (nSPS) is 9.43. The van der Waals surface area contributed by atoms with Crippen LogP contribution < -0.4 is 0 Å².